The maximum Gasteiger partial charge on any atom is 0.269 e. The van der Waals surface area contributed by atoms with Crippen LogP contribution in [0.3, 0.4) is 0 Å². The summed E-state index contributed by atoms with van der Waals surface area (Å²) >= 11 is 0. The van der Waals surface area contributed by atoms with Crippen molar-refractivity contribution in [3.8, 4) is 0 Å². The highest BCUT2D eigenvalue weighted by Crippen LogP contribution is 2.15. The normalized spacial score (nSPS) is 15.2. The van der Waals surface area contributed by atoms with Crippen molar-refractivity contribution in [2.45, 2.75) is 0 Å². The number of nitro groups is 1. The third-order valence-electron chi connectivity index (χ3n) is 2.24. The maximum absolute atomic E-state index is 10.5. The lowest BCUT2D eigenvalue weighted by atomic mass is 10.2. The van der Waals surface area contributed by atoms with Crippen LogP contribution in [-0.4, -0.2) is 26.2 Å². The number of hydrazine groups is 1. The Morgan fingerprint density at radius 1 is 1.39 bits per heavy atom. The van der Waals surface area contributed by atoms with E-state index in [1.54, 1.807) is 0 Å². The molecule has 0 aromatic heterocycles. The number of non-ortho nitro benzene ring substituents is 1. The van der Waals surface area contributed by atoms with Gasteiger partial charge in [-0.2, -0.15) is 4.99 Å². The molecular weight excluding hydrogens is 242 g/mol. The van der Waals surface area contributed by atoms with Crippen molar-refractivity contribution in [2.75, 3.05) is 0 Å². The van der Waals surface area contributed by atoms with Crippen LogP contribution in [0.25, 0.3) is 0 Å². The highest BCUT2D eigenvalue weighted by molar-refractivity contribution is 5.99. The van der Waals surface area contributed by atoms with Crippen molar-refractivity contribution in [1.29, 1.82) is 0 Å². The predicted octanol–water partition coefficient (Wildman–Crippen LogP) is 0.194. The summed E-state index contributed by atoms with van der Waals surface area (Å²) < 4.78 is 0. The number of rotatable bonds is 2. The highest BCUT2D eigenvalue weighted by Gasteiger charge is 2.19. The fraction of sp³-hybridized carbons (Fsp3) is 0. The van der Waals surface area contributed by atoms with Crippen LogP contribution >= 0.6 is 0 Å². The Labute approximate surface area is 101 Å². The second-order valence-electron chi connectivity index (χ2n) is 3.40. The van der Waals surface area contributed by atoms with E-state index < -0.39 is 10.8 Å². The molecule has 0 saturated heterocycles. The molecule has 0 radical (unpaired) electrons. The van der Waals surface area contributed by atoms with E-state index in [1.165, 1.54) is 24.3 Å². The zero-order chi connectivity index (χ0) is 13.3. The SMILES string of the molecule is NC1=C(O)N=C(c2ccc([N+](=O)[O-])cc2)NN1O. The lowest BCUT2D eigenvalue weighted by molar-refractivity contribution is -0.384. The molecule has 1 aromatic rings. The first-order chi connectivity index (χ1) is 8.49. The Kier molecular flexibility index (Phi) is 2.73. The molecule has 0 fully saturated rings. The molecule has 0 amide bonds. The molecule has 9 nitrogen and oxygen atoms in total. The minimum atomic E-state index is -0.551. The molecule has 94 valence electrons. The van der Waals surface area contributed by atoms with Crippen LogP contribution in [0.2, 0.25) is 0 Å². The quantitative estimate of drug-likeness (QED) is 0.435. The number of aliphatic hydroxyl groups is 1. The molecular formula is C9H9N5O4. The lowest BCUT2D eigenvalue weighted by Crippen LogP contribution is -2.45. The number of nitrogens with one attached hydrogen (secondary N) is 1. The number of hydrogen-bond acceptors (Lipinski definition) is 8. The van der Waals surface area contributed by atoms with Gasteiger partial charge in [0.1, 0.15) is 0 Å². The molecule has 0 saturated carbocycles. The first-order valence-electron chi connectivity index (χ1n) is 4.77. The average molecular weight is 251 g/mol. The molecule has 0 aliphatic carbocycles. The summed E-state index contributed by atoms with van der Waals surface area (Å²) in [6.07, 6.45) is 0. The van der Waals surface area contributed by atoms with Crippen LogP contribution in [0.1, 0.15) is 5.56 Å². The van der Waals surface area contributed by atoms with Gasteiger partial charge in [-0.05, 0) is 12.1 Å². The molecule has 1 aliphatic rings. The molecule has 18 heavy (non-hydrogen) atoms. The Morgan fingerprint density at radius 3 is 2.50 bits per heavy atom. The van der Waals surface area contributed by atoms with E-state index in [4.69, 9.17) is 5.73 Å². The lowest BCUT2D eigenvalue weighted by Gasteiger charge is -2.23. The topological polar surface area (TPSA) is 137 Å². The van der Waals surface area contributed by atoms with Gasteiger partial charge in [0, 0.05) is 17.7 Å². The van der Waals surface area contributed by atoms with Gasteiger partial charge in [0.05, 0.1) is 4.92 Å². The number of nitro benzene ring substituents is 1. The largest absolute Gasteiger partial charge is 0.491 e. The van der Waals surface area contributed by atoms with Gasteiger partial charge >= 0.3 is 0 Å². The summed E-state index contributed by atoms with van der Waals surface area (Å²) in [5.41, 5.74) is 8.03. The van der Waals surface area contributed by atoms with Gasteiger partial charge < -0.3 is 10.8 Å². The number of nitrogens with zero attached hydrogens (tertiary/aromatic N) is 3. The van der Waals surface area contributed by atoms with Crippen LogP contribution in [-0.2, 0) is 0 Å². The zero-order valence-corrected chi connectivity index (χ0v) is 8.94. The number of hydrogen-bond donors (Lipinski definition) is 4. The summed E-state index contributed by atoms with van der Waals surface area (Å²) in [5, 5.41) is 29.5. The molecule has 0 spiro atoms. The highest BCUT2D eigenvalue weighted by atomic mass is 16.6. The summed E-state index contributed by atoms with van der Waals surface area (Å²) in [7, 11) is 0. The van der Waals surface area contributed by atoms with Gasteiger partial charge in [0.15, 0.2) is 5.84 Å². The summed E-state index contributed by atoms with van der Waals surface area (Å²) in [6.45, 7) is 0. The maximum atomic E-state index is 10.5. The number of benzene rings is 1. The van der Waals surface area contributed by atoms with Gasteiger partial charge in [-0.1, -0.05) is 0 Å². The first-order valence-corrected chi connectivity index (χ1v) is 4.77. The van der Waals surface area contributed by atoms with E-state index in [1.807, 2.05) is 0 Å². The minimum Gasteiger partial charge on any atom is -0.491 e. The van der Waals surface area contributed by atoms with Crippen LogP contribution in [0, 0.1) is 10.1 Å². The van der Waals surface area contributed by atoms with Gasteiger partial charge in [-0.25, -0.2) is 0 Å². The molecule has 0 unspecified atom stereocenters. The van der Waals surface area contributed by atoms with E-state index >= 15 is 0 Å². The Bertz CT molecular complexity index is 551. The van der Waals surface area contributed by atoms with E-state index in [-0.39, 0.29) is 17.3 Å². The Morgan fingerprint density at radius 2 is 2.00 bits per heavy atom. The van der Waals surface area contributed by atoms with Crippen molar-refractivity contribution >= 4 is 11.5 Å². The van der Waals surface area contributed by atoms with E-state index in [2.05, 4.69) is 10.4 Å². The van der Waals surface area contributed by atoms with Crippen molar-refractivity contribution in [2.24, 2.45) is 10.7 Å². The van der Waals surface area contributed by atoms with Crippen molar-refractivity contribution in [1.82, 2.24) is 10.6 Å². The van der Waals surface area contributed by atoms with Crippen LogP contribution in [0.4, 0.5) is 5.69 Å². The van der Waals surface area contributed by atoms with Crippen LogP contribution in [0.15, 0.2) is 41.0 Å². The zero-order valence-electron chi connectivity index (χ0n) is 8.94. The smallest absolute Gasteiger partial charge is 0.269 e. The fourth-order valence-electron chi connectivity index (χ4n) is 1.31. The average Bonchev–Trinajstić information content (AvgIpc) is 2.35. The number of nitrogens with two attached hydrogens (primary N) is 1. The fourth-order valence-corrected chi connectivity index (χ4v) is 1.31. The summed E-state index contributed by atoms with van der Waals surface area (Å²) in [4.78, 5) is 13.7. The van der Waals surface area contributed by atoms with Gasteiger partial charge in [0.25, 0.3) is 11.6 Å². The summed E-state index contributed by atoms with van der Waals surface area (Å²) in [6, 6.07) is 5.40. The van der Waals surface area contributed by atoms with Gasteiger partial charge in [-0.15, -0.1) is 5.17 Å². The second kappa shape index (κ2) is 4.22. The standard InChI is InChI=1S/C9H9N5O4/c10-7-9(15)11-8(12-13(7)16)5-1-3-6(4-2-5)14(17)18/h1-4,15-16H,10H2,(H,11,12). The molecule has 1 aromatic carbocycles. The number of aliphatic imine (C=N–C) groups is 1. The van der Waals surface area contributed by atoms with Crippen molar-refractivity contribution in [3.05, 3.63) is 51.6 Å². The number of hydroxylamine groups is 1. The molecule has 1 heterocycles. The Balaban J connectivity index is 2.33. The van der Waals surface area contributed by atoms with Crippen molar-refractivity contribution < 1.29 is 15.2 Å². The molecule has 5 N–H and O–H groups in total. The number of amidine groups is 1. The monoisotopic (exact) mass is 251 g/mol. The Hall–Kier alpha value is -2.81. The molecule has 2 rings (SSSR count). The second-order valence-corrected chi connectivity index (χ2v) is 3.40. The molecule has 0 atom stereocenters. The van der Waals surface area contributed by atoms with E-state index in [0.717, 1.165) is 0 Å². The summed E-state index contributed by atoms with van der Waals surface area (Å²) in [5.74, 6) is -0.788. The van der Waals surface area contributed by atoms with Crippen LogP contribution in [0.5, 0.6) is 0 Å². The molecule has 0 bridgehead atoms. The van der Waals surface area contributed by atoms with Gasteiger partial charge in [-0.3, -0.25) is 20.7 Å². The third-order valence-corrected chi connectivity index (χ3v) is 2.24. The minimum absolute atomic E-state index is 0.0738. The predicted molar refractivity (Wildman–Crippen MR) is 60.2 cm³/mol. The van der Waals surface area contributed by atoms with Gasteiger partial charge in [0.2, 0.25) is 5.82 Å². The van der Waals surface area contributed by atoms with E-state index in [9.17, 15) is 20.4 Å². The molecule has 9 heteroatoms. The molecule has 1 aliphatic heterocycles. The third kappa shape index (κ3) is 2.01. The van der Waals surface area contributed by atoms with Crippen molar-refractivity contribution in [3.63, 3.8) is 0 Å². The number of aliphatic hydroxyl groups excluding tert-OH is 1. The first kappa shape index (κ1) is 11.7. The van der Waals surface area contributed by atoms with Crippen LogP contribution < -0.4 is 11.2 Å². The van der Waals surface area contributed by atoms with E-state index in [0.29, 0.717) is 10.7 Å².